The summed E-state index contributed by atoms with van der Waals surface area (Å²) < 4.78 is 0. The summed E-state index contributed by atoms with van der Waals surface area (Å²) in [6, 6.07) is 3.58. The van der Waals surface area contributed by atoms with E-state index in [0.717, 1.165) is 19.4 Å². The highest BCUT2D eigenvalue weighted by Crippen LogP contribution is 2.19. The predicted molar refractivity (Wildman–Crippen MR) is 64.8 cm³/mol. The molecule has 0 aliphatic carbocycles. The zero-order valence-corrected chi connectivity index (χ0v) is 9.65. The monoisotopic (exact) mass is 235 g/mol. The summed E-state index contributed by atoms with van der Waals surface area (Å²) in [5.41, 5.74) is 0. The highest BCUT2D eigenvalue weighted by molar-refractivity contribution is 5.90. The molecule has 17 heavy (non-hydrogen) atoms. The van der Waals surface area contributed by atoms with E-state index in [0.29, 0.717) is 12.5 Å². The molecule has 0 spiro atoms. The number of anilines is 1. The summed E-state index contributed by atoms with van der Waals surface area (Å²) >= 11 is 0. The number of hydrogen-bond acceptors (Lipinski definition) is 4. The minimum Gasteiger partial charge on any atom is -0.504 e. The zero-order valence-electron chi connectivity index (χ0n) is 9.65. The number of carbonyl (C=O) groups excluding carboxylic acids is 1. The molecule has 0 saturated carbocycles. The van der Waals surface area contributed by atoms with Gasteiger partial charge in [-0.05, 0) is 37.9 Å². The first-order chi connectivity index (χ1) is 8.25. The van der Waals surface area contributed by atoms with Crippen molar-refractivity contribution >= 4 is 11.7 Å². The van der Waals surface area contributed by atoms with Crippen molar-refractivity contribution in [1.82, 2.24) is 10.3 Å². The second-order valence-corrected chi connectivity index (χ2v) is 4.25. The van der Waals surface area contributed by atoms with Gasteiger partial charge in [-0.2, -0.15) is 0 Å². The lowest BCUT2D eigenvalue weighted by atomic mass is 10.1. The fraction of sp³-hybridized carbons (Fsp3) is 0.500. The van der Waals surface area contributed by atoms with E-state index in [-0.39, 0.29) is 17.5 Å². The largest absolute Gasteiger partial charge is 0.504 e. The van der Waals surface area contributed by atoms with Crippen molar-refractivity contribution in [1.29, 1.82) is 0 Å². The molecule has 1 aromatic heterocycles. The molecule has 0 radical (unpaired) electrons. The van der Waals surface area contributed by atoms with Gasteiger partial charge in [0.25, 0.3) is 0 Å². The first kappa shape index (κ1) is 11.9. The predicted octanol–water partition coefficient (Wildman–Crippen LogP) is 1.26. The molecule has 1 aliphatic heterocycles. The van der Waals surface area contributed by atoms with Crippen molar-refractivity contribution < 1.29 is 9.90 Å². The van der Waals surface area contributed by atoms with Crippen LogP contribution in [0.4, 0.5) is 5.82 Å². The number of pyridine rings is 1. The summed E-state index contributed by atoms with van der Waals surface area (Å²) in [4.78, 5) is 15.5. The van der Waals surface area contributed by atoms with Crippen LogP contribution in [0.5, 0.6) is 5.75 Å². The number of hydrogen-bond donors (Lipinski definition) is 3. The SMILES string of the molecule is O=C(CCC1CCCN1)Nc1ncccc1O. The number of aromatic nitrogens is 1. The van der Waals surface area contributed by atoms with Gasteiger partial charge in [-0.25, -0.2) is 4.98 Å². The number of rotatable bonds is 4. The molecule has 2 heterocycles. The molecule has 0 aromatic carbocycles. The third-order valence-electron chi connectivity index (χ3n) is 2.93. The van der Waals surface area contributed by atoms with Crippen molar-refractivity contribution in [3.63, 3.8) is 0 Å². The quantitative estimate of drug-likeness (QED) is 0.734. The molecular formula is C12H17N3O2. The van der Waals surface area contributed by atoms with Crippen LogP contribution in [0, 0.1) is 0 Å². The van der Waals surface area contributed by atoms with Crippen molar-refractivity contribution in [2.24, 2.45) is 0 Å². The fourth-order valence-electron chi connectivity index (χ4n) is 2.00. The van der Waals surface area contributed by atoms with E-state index >= 15 is 0 Å². The van der Waals surface area contributed by atoms with E-state index in [1.165, 1.54) is 18.7 Å². The molecule has 3 N–H and O–H groups in total. The molecule has 1 saturated heterocycles. The van der Waals surface area contributed by atoms with E-state index in [4.69, 9.17) is 0 Å². The molecule has 1 aromatic rings. The summed E-state index contributed by atoms with van der Waals surface area (Å²) in [5, 5.41) is 15.4. The van der Waals surface area contributed by atoms with E-state index < -0.39 is 0 Å². The van der Waals surface area contributed by atoms with E-state index in [9.17, 15) is 9.90 Å². The first-order valence-electron chi connectivity index (χ1n) is 5.93. The minimum atomic E-state index is -0.104. The van der Waals surface area contributed by atoms with Gasteiger partial charge in [0.15, 0.2) is 11.6 Å². The molecule has 5 heteroatoms. The van der Waals surface area contributed by atoms with Crippen LogP contribution in [0.3, 0.4) is 0 Å². The molecule has 1 fully saturated rings. The fourth-order valence-corrected chi connectivity index (χ4v) is 2.00. The van der Waals surface area contributed by atoms with E-state index in [1.807, 2.05) is 0 Å². The molecule has 2 rings (SSSR count). The molecule has 5 nitrogen and oxygen atoms in total. The first-order valence-corrected chi connectivity index (χ1v) is 5.93. The van der Waals surface area contributed by atoms with Gasteiger partial charge in [-0.3, -0.25) is 4.79 Å². The Bertz CT molecular complexity index is 389. The van der Waals surface area contributed by atoms with Crippen LogP contribution >= 0.6 is 0 Å². The minimum absolute atomic E-state index is 0.000147. The lowest BCUT2D eigenvalue weighted by molar-refractivity contribution is -0.116. The van der Waals surface area contributed by atoms with Crippen LogP contribution in [0.1, 0.15) is 25.7 Å². The molecule has 1 atom stereocenters. The van der Waals surface area contributed by atoms with Gasteiger partial charge in [-0.1, -0.05) is 0 Å². The maximum atomic E-state index is 11.6. The topological polar surface area (TPSA) is 74.2 Å². The Morgan fingerprint density at radius 2 is 2.53 bits per heavy atom. The zero-order chi connectivity index (χ0) is 12.1. The number of amides is 1. The van der Waals surface area contributed by atoms with Crippen LogP contribution in [0.2, 0.25) is 0 Å². The number of aromatic hydroxyl groups is 1. The van der Waals surface area contributed by atoms with Crippen LogP contribution in [0.15, 0.2) is 18.3 Å². The van der Waals surface area contributed by atoms with Gasteiger partial charge >= 0.3 is 0 Å². The molecule has 1 unspecified atom stereocenters. The molecule has 1 amide bonds. The Balaban J connectivity index is 1.79. The van der Waals surface area contributed by atoms with Crippen LogP contribution in [0.25, 0.3) is 0 Å². The highest BCUT2D eigenvalue weighted by Gasteiger charge is 2.15. The average Bonchev–Trinajstić information content (AvgIpc) is 2.82. The Hall–Kier alpha value is -1.62. The number of carbonyl (C=O) groups is 1. The molecular weight excluding hydrogens is 218 g/mol. The summed E-state index contributed by atoms with van der Waals surface area (Å²) in [6.07, 6.45) is 5.15. The maximum Gasteiger partial charge on any atom is 0.225 e. The number of nitrogens with one attached hydrogen (secondary N) is 2. The van der Waals surface area contributed by atoms with Gasteiger partial charge in [0.1, 0.15) is 0 Å². The van der Waals surface area contributed by atoms with Gasteiger partial charge in [-0.15, -0.1) is 0 Å². The summed E-state index contributed by atoms with van der Waals surface area (Å²) in [6.45, 7) is 1.05. The average molecular weight is 235 g/mol. The Kier molecular flexibility index (Phi) is 3.93. The van der Waals surface area contributed by atoms with Crippen LogP contribution < -0.4 is 10.6 Å². The Labute approximate surface area is 100 Å². The lowest BCUT2D eigenvalue weighted by Crippen LogP contribution is -2.23. The standard InChI is InChI=1S/C12H17N3O2/c16-10-4-2-8-14-12(10)15-11(17)6-5-9-3-1-7-13-9/h2,4,8-9,13,16H,1,3,5-7H2,(H,14,15,17). The molecule has 1 aliphatic rings. The van der Waals surface area contributed by atoms with E-state index in [1.54, 1.807) is 6.07 Å². The van der Waals surface area contributed by atoms with Gasteiger partial charge in [0.2, 0.25) is 5.91 Å². The summed E-state index contributed by atoms with van der Waals surface area (Å²) in [7, 11) is 0. The highest BCUT2D eigenvalue weighted by atomic mass is 16.3. The second-order valence-electron chi connectivity index (χ2n) is 4.25. The van der Waals surface area contributed by atoms with Crippen molar-refractivity contribution in [3.8, 4) is 5.75 Å². The third kappa shape index (κ3) is 3.42. The van der Waals surface area contributed by atoms with E-state index in [2.05, 4.69) is 15.6 Å². The summed E-state index contributed by atoms with van der Waals surface area (Å²) in [5.74, 6) is 0.129. The van der Waals surface area contributed by atoms with Gasteiger partial charge < -0.3 is 15.7 Å². The third-order valence-corrected chi connectivity index (χ3v) is 2.93. The van der Waals surface area contributed by atoms with Crippen LogP contribution in [-0.2, 0) is 4.79 Å². The lowest BCUT2D eigenvalue weighted by Gasteiger charge is -2.10. The normalized spacial score (nSPS) is 19.2. The van der Waals surface area contributed by atoms with Crippen LogP contribution in [-0.4, -0.2) is 28.6 Å². The maximum absolute atomic E-state index is 11.6. The van der Waals surface area contributed by atoms with Gasteiger partial charge in [0.05, 0.1) is 0 Å². The second kappa shape index (κ2) is 5.63. The van der Waals surface area contributed by atoms with Crippen molar-refractivity contribution in [3.05, 3.63) is 18.3 Å². The number of nitrogens with zero attached hydrogens (tertiary/aromatic N) is 1. The smallest absolute Gasteiger partial charge is 0.225 e. The molecule has 92 valence electrons. The van der Waals surface area contributed by atoms with Crippen molar-refractivity contribution in [2.75, 3.05) is 11.9 Å². The van der Waals surface area contributed by atoms with Crippen molar-refractivity contribution in [2.45, 2.75) is 31.7 Å². The molecule has 0 bridgehead atoms. The Morgan fingerprint density at radius 3 is 3.24 bits per heavy atom. The van der Waals surface area contributed by atoms with Gasteiger partial charge in [0, 0.05) is 18.7 Å². The Morgan fingerprint density at radius 1 is 1.65 bits per heavy atom.